The van der Waals surface area contributed by atoms with Crippen LogP contribution in [0.15, 0.2) is 47.4 Å². The third kappa shape index (κ3) is 3.86. The third-order valence-corrected chi connectivity index (χ3v) is 6.25. The fraction of sp³-hybridized carbons (Fsp3) is 0.188. The third-order valence-electron chi connectivity index (χ3n) is 3.27. The van der Waals surface area contributed by atoms with Gasteiger partial charge in [-0.3, -0.25) is 4.79 Å². The summed E-state index contributed by atoms with van der Waals surface area (Å²) in [6.07, 6.45) is 0. The summed E-state index contributed by atoms with van der Waals surface area (Å²) in [5.74, 6) is -0.400. The van der Waals surface area contributed by atoms with Crippen LogP contribution in [0, 0.1) is 0 Å². The monoisotopic (exact) mass is 371 g/mol. The zero-order valence-corrected chi connectivity index (χ0v) is 14.8. The predicted octanol–water partition coefficient (Wildman–Crippen LogP) is 4.43. The number of benzene rings is 2. The molecule has 0 heterocycles. The van der Waals surface area contributed by atoms with Crippen molar-refractivity contribution in [2.75, 3.05) is 5.32 Å². The summed E-state index contributed by atoms with van der Waals surface area (Å²) in [6.45, 7) is 3.22. The molecule has 1 N–H and O–H groups in total. The molecule has 0 unspecified atom stereocenters. The van der Waals surface area contributed by atoms with Gasteiger partial charge in [0, 0.05) is 5.56 Å². The van der Waals surface area contributed by atoms with Gasteiger partial charge in [-0.05, 0) is 50.2 Å². The molecule has 2 rings (SSSR count). The number of nitrogens with one attached hydrogen (secondary N) is 1. The predicted molar refractivity (Wildman–Crippen MR) is 93.2 cm³/mol. The zero-order chi connectivity index (χ0) is 17.2. The average Bonchev–Trinajstić information content (AvgIpc) is 2.51. The molecule has 0 spiro atoms. The van der Waals surface area contributed by atoms with Crippen molar-refractivity contribution in [3.8, 4) is 0 Å². The summed E-state index contributed by atoms with van der Waals surface area (Å²) in [5, 5.41) is 2.71. The number of amides is 1. The van der Waals surface area contributed by atoms with Crippen molar-refractivity contribution in [2.45, 2.75) is 24.0 Å². The molecule has 0 atom stereocenters. The number of hydrogen-bond donors (Lipinski definition) is 1. The summed E-state index contributed by atoms with van der Waals surface area (Å²) in [4.78, 5) is 12.4. The highest BCUT2D eigenvalue weighted by Crippen LogP contribution is 2.29. The molecule has 0 aliphatic heterocycles. The van der Waals surface area contributed by atoms with Gasteiger partial charge in [0.15, 0.2) is 9.84 Å². The highest BCUT2D eigenvalue weighted by Gasteiger charge is 2.19. The fourth-order valence-electron chi connectivity index (χ4n) is 1.86. The molecule has 2 aromatic carbocycles. The Kier molecular flexibility index (Phi) is 5.34. The Morgan fingerprint density at radius 2 is 1.65 bits per heavy atom. The summed E-state index contributed by atoms with van der Waals surface area (Å²) < 4.78 is 24.1. The van der Waals surface area contributed by atoms with Crippen LogP contribution in [0.4, 0.5) is 5.69 Å². The average molecular weight is 372 g/mol. The summed E-state index contributed by atoms with van der Waals surface area (Å²) in [7, 11) is -3.36. The van der Waals surface area contributed by atoms with Crippen molar-refractivity contribution in [3.05, 3.63) is 58.1 Å². The molecule has 0 bridgehead atoms. The van der Waals surface area contributed by atoms with Crippen LogP contribution in [0.3, 0.4) is 0 Å². The van der Waals surface area contributed by atoms with Gasteiger partial charge in [-0.2, -0.15) is 0 Å². The van der Waals surface area contributed by atoms with Crippen LogP contribution in [0.1, 0.15) is 24.2 Å². The van der Waals surface area contributed by atoms with E-state index in [1.807, 2.05) is 0 Å². The lowest BCUT2D eigenvalue weighted by Gasteiger charge is -2.10. The smallest absolute Gasteiger partial charge is 0.255 e. The molecule has 7 heteroatoms. The number of hydrogen-bond acceptors (Lipinski definition) is 3. The van der Waals surface area contributed by atoms with E-state index in [4.69, 9.17) is 23.2 Å². The largest absolute Gasteiger partial charge is 0.321 e. The van der Waals surface area contributed by atoms with E-state index >= 15 is 0 Å². The highest BCUT2D eigenvalue weighted by atomic mass is 35.5. The first kappa shape index (κ1) is 17.8. The van der Waals surface area contributed by atoms with Crippen LogP contribution in [0.2, 0.25) is 10.0 Å². The molecule has 2 aromatic rings. The molecule has 23 heavy (non-hydrogen) atoms. The lowest BCUT2D eigenvalue weighted by atomic mass is 10.2. The molecule has 0 saturated heterocycles. The van der Waals surface area contributed by atoms with E-state index in [0.717, 1.165) is 0 Å². The zero-order valence-electron chi connectivity index (χ0n) is 12.5. The Morgan fingerprint density at radius 1 is 1.04 bits per heavy atom. The SMILES string of the molecule is CC(C)S(=O)(=O)c1ccc(C(=O)Nc2cccc(Cl)c2Cl)cc1. The molecule has 1 amide bonds. The molecule has 122 valence electrons. The van der Waals surface area contributed by atoms with E-state index in [-0.39, 0.29) is 9.92 Å². The first-order chi connectivity index (χ1) is 10.7. The van der Waals surface area contributed by atoms with Crippen molar-refractivity contribution in [3.63, 3.8) is 0 Å². The van der Waals surface area contributed by atoms with Gasteiger partial charge in [0.2, 0.25) is 0 Å². The van der Waals surface area contributed by atoms with Gasteiger partial charge in [-0.25, -0.2) is 8.42 Å². The summed E-state index contributed by atoms with van der Waals surface area (Å²) in [5.41, 5.74) is 0.715. The van der Waals surface area contributed by atoms with Crippen molar-refractivity contribution < 1.29 is 13.2 Å². The van der Waals surface area contributed by atoms with Gasteiger partial charge in [0.25, 0.3) is 5.91 Å². The summed E-state index contributed by atoms with van der Waals surface area (Å²) >= 11 is 11.9. The van der Waals surface area contributed by atoms with Crippen LogP contribution >= 0.6 is 23.2 Å². The Labute approximate surface area is 145 Å². The number of carbonyl (C=O) groups excluding carboxylic acids is 1. The van der Waals surface area contributed by atoms with Crippen LogP contribution in [-0.4, -0.2) is 19.6 Å². The van der Waals surface area contributed by atoms with Gasteiger partial charge >= 0.3 is 0 Å². The molecule has 0 saturated carbocycles. The Morgan fingerprint density at radius 3 is 2.22 bits per heavy atom. The molecule has 0 aliphatic rings. The van der Waals surface area contributed by atoms with Crippen molar-refractivity contribution >= 4 is 44.6 Å². The van der Waals surface area contributed by atoms with Crippen molar-refractivity contribution in [1.82, 2.24) is 0 Å². The minimum absolute atomic E-state index is 0.185. The maximum atomic E-state index is 12.2. The van der Waals surface area contributed by atoms with Crippen LogP contribution < -0.4 is 5.32 Å². The second-order valence-corrected chi connectivity index (χ2v) is 8.46. The van der Waals surface area contributed by atoms with Crippen molar-refractivity contribution in [2.24, 2.45) is 0 Å². The Balaban J connectivity index is 2.23. The quantitative estimate of drug-likeness (QED) is 0.864. The number of rotatable bonds is 4. The van der Waals surface area contributed by atoms with Crippen molar-refractivity contribution in [1.29, 1.82) is 0 Å². The van der Waals surface area contributed by atoms with E-state index in [0.29, 0.717) is 16.3 Å². The van der Waals surface area contributed by atoms with E-state index in [2.05, 4.69) is 5.32 Å². The molecule has 0 radical (unpaired) electrons. The number of anilines is 1. The first-order valence-electron chi connectivity index (χ1n) is 6.83. The summed E-state index contributed by atoms with van der Waals surface area (Å²) in [6, 6.07) is 10.7. The lowest BCUT2D eigenvalue weighted by molar-refractivity contribution is 0.102. The van der Waals surface area contributed by atoms with Crippen LogP contribution in [-0.2, 0) is 9.84 Å². The van der Waals surface area contributed by atoms with Crippen LogP contribution in [0.5, 0.6) is 0 Å². The molecule has 0 aliphatic carbocycles. The van der Waals surface area contributed by atoms with Gasteiger partial charge in [0.05, 0.1) is 25.9 Å². The first-order valence-corrected chi connectivity index (χ1v) is 9.13. The lowest BCUT2D eigenvalue weighted by Crippen LogP contribution is -2.15. The number of carbonyl (C=O) groups is 1. The Hall–Kier alpha value is -1.56. The topological polar surface area (TPSA) is 63.2 Å². The van der Waals surface area contributed by atoms with E-state index in [9.17, 15) is 13.2 Å². The molecule has 4 nitrogen and oxygen atoms in total. The second kappa shape index (κ2) is 6.91. The van der Waals surface area contributed by atoms with Crippen LogP contribution in [0.25, 0.3) is 0 Å². The van der Waals surface area contributed by atoms with E-state index in [1.54, 1.807) is 32.0 Å². The maximum Gasteiger partial charge on any atom is 0.255 e. The molecular weight excluding hydrogens is 357 g/mol. The second-order valence-electron chi connectivity index (χ2n) is 5.17. The van der Waals surface area contributed by atoms with Gasteiger partial charge < -0.3 is 5.32 Å². The Bertz CT molecular complexity index is 831. The normalized spacial score (nSPS) is 11.5. The molecular formula is C16H15Cl2NO3S. The highest BCUT2D eigenvalue weighted by molar-refractivity contribution is 7.92. The molecule has 0 fully saturated rings. The van der Waals surface area contributed by atoms with Gasteiger partial charge in [-0.1, -0.05) is 29.3 Å². The van der Waals surface area contributed by atoms with Gasteiger partial charge in [-0.15, -0.1) is 0 Å². The van der Waals surface area contributed by atoms with E-state index in [1.165, 1.54) is 24.3 Å². The standard InChI is InChI=1S/C16H15Cl2NO3S/c1-10(2)23(21,22)12-8-6-11(7-9-12)16(20)19-14-5-3-4-13(17)15(14)18/h3-10H,1-2H3,(H,19,20). The minimum atomic E-state index is -3.36. The number of halogens is 2. The van der Waals surface area contributed by atoms with Gasteiger partial charge in [0.1, 0.15) is 0 Å². The number of sulfone groups is 1. The maximum absolute atomic E-state index is 12.2. The fourth-order valence-corrected chi connectivity index (χ4v) is 3.27. The minimum Gasteiger partial charge on any atom is -0.321 e. The molecule has 0 aromatic heterocycles. The van der Waals surface area contributed by atoms with E-state index < -0.39 is 21.0 Å².